The first-order valence-corrected chi connectivity index (χ1v) is 4.36. The fourth-order valence-electron chi connectivity index (χ4n) is 2.03. The van der Waals surface area contributed by atoms with Crippen molar-refractivity contribution in [3.63, 3.8) is 0 Å². The van der Waals surface area contributed by atoms with Gasteiger partial charge in [-0.05, 0) is 6.07 Å². The minimum absolute atomic E-state index is 0.0798. The van der Waals surface area contributed by atoms with Gasteiger partial charge in [-0.2, -0.15) is 0 Å². The Balaban J connectivity index is 2.19. The molecule has 4 heteroatoms. The third-order valence-corrected chi connectivity index (χ3v) is 2.64. The smallest absolute Gasteiger partial charge is 0.255 e. The molecule has 0 aliphatic carbocycles. The number of hydrogen-bond acceptors (Lipinski definition) is 3. The van der Waals surface area contributed by atoms with E-state index in [9.17, 15) is 4.79 Å². The fourth-order valence-corrected chi connectivity index (χ4v) is 2.03. The molecule has 1 atom stereocenters. The van der Waals surface area contributed by atoms with E-state index >= 15 is 0 Å². The first-order chi connectivity index (χ1) is 6.38. The number of rotatable bonds is 0. The fraction of sp³-hybridized carbons (Fsp3) is 0.333. The van der Waals surface area contributed by atoms with Gasteiger partial charge in [-0.15, -0.1) is 0 Å². The maximum Gasteiger partial charge on any atom is 0.255 e. The van der Waals surface area contributed by atoms with Crippen LogP contribution in [0.4, 0.5) is 0 Å². The van der Waals surface area contributed by atoms with E-state index in [2.05, 4.69) is 10.3 Å². The molecule has 4 nitrogen and oxygen atoms in total. The largest absolute Gasteiger partial charge is 0.318 e. The SMILES string of the molecule is O=C1c2ccncc2C2NCCN12. The summed E-state index contributed by atoms with van der Waals surface area (Å²) in [5.74, 6) is 0.132. The number of nitrogens with one attached hydrogen (secondary N) is 1. The number of nitrogens with zero attached hydrogens (tertiary/aromatic N) is 2. The Hall–Kier alpha value is -1.42. The second kappa shape index (κ2) is 2.29. The van der Waals surface area contributed by atoms with Crippen molar-refractivity contribution in [3.8, 4) is 0 Å². The van der Waals surface area contributed by atoms with E-state index in [0.29, 0.717) is 0 Å². The van der Waals surface area contributed by atoms with Crippen LogP contribution in [0.25, 0.3) is 0 Å². The molecule has 1 fully saturated rings. The number of aromatic nitrogens is 1. The highest BCUT2D eigenvalue weighted by atomic mass is 16.2. The molecular formula is C9H9N3O. The van der Waals surface area contributed by atoms with Gasteiger partial charge >= 0.3 is 0 Å². The molecule has 1 amide bonds. The van der Waals surface area contributed by atoms with E-state index in [1.54, 1.807) is 18.5 Å². The van der Waals surface area contributed by atoms with Gasteiger partial charge in [0.25, 0.3) is 5.91 Å². The first-order valence-electron chi connectivity index (χ1n) is 4.36. The maximum absolute atomic E-state index is 11.7. The molecule has 0 bridgehead atoms. The average Bonchev–Trinajstić information content (AvgIpc) is 2.72. The van der Waals surface area contributed by atoms with Crippen LogP contribution in [-0.4, -0.2) is 28.9 Å². The summed E-state index contributed by atoms with van der Waals surface area (Å²) in [4.78, 5) is 17.6. The van der Waals surface area contributed by atoms with E-state index in [1.807, 2.05) is 4.90 Å². The van der Waals surface area contributed by atoms with Crippen molar-refractivity contribution in [2.24, 2.45) is 0 Å². The Labute approximate surface area is 75.6 Å². The Morgan fingerprint density at radius 1 is 1.62 bits per heavy atom. The van der Waals surface area contributed by atoms with Crippen molar-refractivity contribution >= 4 is 5.91 Å². The van der Waals surface area contributed by atoms with Crippen LogP contribution in [0.15, 0.2) is 18.5 Å². The van der Waals surface area contributed by atoms with Crippen LogP contribution < -0.4 is 5.32 Å². The molecule has 2 aliphatic rings. The Bertz CT molecular complexity index is 377. The summed E-state index contributed by atoms with van der Waals surface area (Å²) < 4.78 is 0. The summed E-state index contributed by atoms with van der Waals surface area (Å²) in [6.45, 7) is 1.68. The summed E-state index contributed by atoms with van der Waals surface area (Å²) >= 11 is 0. The number of pyridine rings is 1. The number of carbonyl (C=O) groups is 1. The van der Waals surface area contributed by atoms with Crippen LogP contribution >= 0.6 is 0 Å². The number of fused-ring (bicyclic) bond motifs is 3. The predicted octanol–water partition coefficient (Wildman–Crippen LogP) is 0.139. The molecule has 1 unspecified atom stereocenters. The number of amides is 1. The van der Waals surface area contributed by atoms with Gasteiger partial charge in [-0.3, -0.25) is 15.1 Å². The molecule has 2 aliphatic heterocycles. The van der Waals surface area contributed by atoms with E-state index in [-0.39, 0.29) is 12.1 Å². The number of carbonyl (C=O) groups excluding carboxylic acids is 1. The molecule has 1 N–H and O–H groups in total. The van der Waals surface area contributed by atoms with Gasteiger partial charge in [-0.25, -0.2) is 0 Å². The molecule has 13 heavy (non-hydrogen) atoms. The third-order valence-electron chi connectivity index (χ3n) is 2.64. The lowest BCUT2D eigenvalue weighted by Gasteiger charge is -2.13. The standard InChI is InChI=1S/C9H9N3O/c13-9-6-1-2-10-5-7(6)8-11-3-4-12(8)9/h1-2,5,8,11H,3-4H2. The van der Waals surface area contributed by atoms with Crippen molar-refractivity contribution in [2.75, 3.05) is 13.1 Å². The molecule has 0 aromatic carbocycles. The van der Waals surface area contributed by atoms with Crippen LogP contribution in [0, 0.1) is 0 Å². The third kappa shape index (κ3) is 0.781. The van der Waals surface area contributed by atoms with E-state index in [1.165, 1.54) is 0 Å². The van der Waals surface area contributed by atoms with Crippen LogP contribution in [0.1, 0.15) is 22.1 Å². The topological polar surface area (TPSA) is 45.2 Å². The van der Waals surface area contributed by atoms with Crippen molar-refractivity contribution in [1.29, 1.82) is 0 Å². The second-order valence-corrected chi connectivity index (χ2v) is 3.32. The van der Waals surface area contributed by atoms with Gasteiger partial charge in [0.2, 0.25) is 0 Å². The molecule has 3 heterocycles. The summed E-state index contributed by atoms with van der Waals surface area (Å²) in [5, 5.41) is 3.27. The summed E-state index contributed by atoms with van der Waals surface area (Å²) in [6, 6.07) is 1.79. The van der Waals surface area contributed by atoms with Gasteiger partial charge in [0.1, 0.15) is 6.17 Å². The van der Waals surface area contributed by atoms with Crippen molar-refractivity contribution in [1.82, 2.24) is 15.2 Å². The lowest BCUT2D eigenvalue weighted by Crippen LogP contribution is -2.25. The highest BCUT2D eigenvalue weighted by Crippen LogP contribution is 2.32. The van der Waals surface area contributed by atoms with Gasteiger partial charge < -0.3 is 4.90 Å². The summed E-state index contributed by atoms with van der Waals surface area (Å²) in [7, 11) is 0. The zero-order chi connectivity index (χ0) is 8.84. The van der Waals surface area contributed by atoms with Crippen LogP contribution in [0.5, 0.6) is 0 Å². The molecule has 3 rings (SSSR count). The maximum atomic E-state index is 11.7. The normalized spacial score (nSPS) is 24.8. The predicted molar refractivity (Wildman–Crippen MR) is 46.0 cm³/mol. The minimum atomic E-state index is 0.0798. The quantitative estimate of drug-likeness (QED) is 0.610. The van der Waals surface area contributed by atoms with Gasteiger partial charge in [0.05, 0.1) is 0 Å². The highest BCUT2D eigenvalue weighted by molar-refractivity contribution is 5.99. The Morgan fingerprint density at radius 3 is 3.46 bits per heavy atom. The van der Waals surface area contributed by atoms with Crippen molar-refractivity contribution in [3.05, 3.63) is 29.6 Å². The van der Waals surface area contributed by atoms with Gasteiger partial charge in [-0.1, -0.05) is 0 Å². The van der Waals surface area contributed by atoms with E-state index < -0.39 is 0 Å². The van der Waals surface area contributed by atoms with Crippen LogP contribution in [0.2, 0.25) is 0 Å². The molecule has 0 saturated carbocycles. The van der Waals surface area contributed by atoms with Crippen LogP contribution in [0.3, 0.4) is 0 Å². The van der Waals surface area contributed by atoms with E-state index in [0.717, 1.165) is 24.2 Å². The summed E-state index contributed by atoms with van der Waals surface area (Å²) in [5.41, 5.74) is 1.82. The second-order valence-electron chi connectivity index (χ2n) is 3.32. The van der Waals surface area contributed by atoms with Crippen molar-refractivity contribution < 1.29 is 4.79 Å². The Kier molecular flexibility index (Phi) is 1.24. The van der Waals surface area contributed by atoms with E-state index in [4.69, 9.17) is 0 Å². The Morgan fingerprint density at radius 2 is 2.54 bits per heavy atom. The molecule has 0 spiro atoms. The lowest BCUT2D eigenvalue weighted by atomic mass is 10.1. The molecule has 1 aromatic rings. The van der Waals surface area contributed by atoms with Crippen LogP contribution in [-0.2, 0) is 0 Å². The summed E-state index contributed by atoms with van der Waals surface area (Å²) in [6.07, 6.45) is 3.52. The zero-order valence-electron chi connectivity index (χ0n) is 7.03. The zero-order valence-corrected chi connectivity index (χ0v) is 7.03. The van der Waals surface area contributed by atoms with Gasteiger partial charge in [0.15, 0.2) is 0 Å². The van der Waals surface area contributed by atoms with Gasteiger partial charge in [0, 0.05) is 36.6 Å². The molecule has 66 valence electrons. The molecular weight excluding hydrogens is 166 g/mol. The number of hydrogen-bond donors (Lipinski definition) is 1. The molecule has 0 radical (unpaired) electrons. The lowest BCUT2D eigenvalue weighted by molar-refractivity contribution is 0.0771. The van der Waals surface area contributed by atoms with Crippen molar-refractivity contribution in [2.45, 2.75) is 6.17 Å². The monoisotopic (exact) mass is 175 g/mol. The molecule has 1 aromatic heterocycles. The average molecular weight is 175 g/mol. The minimum Gasteiger partial charge on any atom is -0.318 e. The highest BCUT2D eigenvalue weighted by Gasteiger charge is 2.39. The molecule has 1 saturated heterocycles. The first kappa shape index (κ1) is 7.03.